The van der Waals surface area contributed by atoms with Gasteiger partial charge in [0.05, 0.1) is 26.3 Å². The molecule has 0 bridgehead atoms. The zero-order valence-corrected chi connectivity index (χ0v) is 16.0. The number of hydrogen-bond acceptors (Lipinski definition) is 5. The van der Waals surface area contributed by atoms with Crippen LogP contribution in [0.1, 0.15) is 30.7 Å². The third-order valence-corrected chi connectivity index (χ3v) is 5.78. The SMILES string of the molecule is CCc1n[nH]c(=O)c(CNS(=O)(=O)c2cc(Cl)c(N)c(Cl)c2)c1CC. The highest BCUT2D eigenvalue weighted by Crippen LogP contribution is 2.30. The number of sulfonamides is 1. The highest BCUT2D eigenvalue weighted by molar-refractivity contribution is 7.89. The van der Waals surface area contributed by atoms with Crippen molar-refractivity contribution < 1.29 is 8.42 Å². The van der Waals surface area contributed by atoms with E-state index in [9.17, 15) is 13.2 Å². The van der Waals surface area contributed by atoms with E-state index in [1.54, 1.807) is 0 Å². The molecule has 0 saturated carbocycles. The number of aryl methyl sites for hydroxylation is 1. The van der Waals surface area contributed by atoms with Gasteiger partial charge in [0.2, 0.25) is 10.0 Å². The molecule has 1 aromatic carbocycles. The van der Waals surface area contributed by atoms with Crippen LogP contribution in [0.5, 0.6) is 0 Å². The Bertz CT molecular complexity index is 935. The molecule has 0 amide bonds. The summed E-state index contributed by atoms with van der Waals surface area (Å²) < 4.78 is 27.4. The third-order valence-electron chi connectivity index (χ3n) is 3.77. The Labute approximate surface area is 155 Å². The van der Waals surface area contributed by atoms with Crippen molar-refractivity contribution >= 4 is 38.9 Å². The van der Waals surface area contributed by atoms with Gasteiger partial charge in [-0.25, -0.2) is 18.2 Å². The molecule has 1 aromatic heterocycles. The molecule has 25 heavy (non-hydrogen) atoms. The minimum atomic E-state index is -3.93. The molecule has 0 unspecified atom stereocenters. The third kappa shape index (κ3) is 4.14. The molecule has 0 fully saturated rings. The van der Waals surface area contributed by atoms with Gasteiger partial charge in [0, 0.05) is 12.1 Å². The number of nitrogens with two attached hydrogens (primary N) is 1. The van der Waals surface area contributed by atoms with Crippen LogP contribution in [0.4, 0.5) is 5.69 Å². The van der Waals surface area contributed by atoms with Gasteiger partial charge in [-0.05, 0) is 30.5 Å². The van der Waals surface area contributed by atoms with Crippen LogP contribution in [0.15, 0.2) is 21.8 Å². The molecule has 7 nitrogen and oxygen atoms in total. The molecule has 0 aliphatic heterocycles. The number of benzene rings is 1. The number of aromatic amines is 1. The zero-order valence-electron chi connectivity index (χ0n) is 13.7. The molecule has 0 atom stereocenters. The van der Waals surface area contributed by atoms with Gasteiger partial charge >= 0.3 is 0 Å². The lowest BCUT2D eigenvalue weighted by molar-refractivity contribution is 0.580. The van der Waals surface area contributed by atoms with Crippen molar-refractivity contribution in [2.24, 2.45) is 0 Å². The van der Waals surface area contributed by atoms with Gasteiger partial charge in [-0.2, -0.15) is 5.10 Å². The second-order valence-corrected chi connectivity index (χ2v) is 7.87. The molecule has 2 aromatic rings. The molecular weight excluding hydrogens is 387 g/mol. The van der Waals surface area contributed by atoms with E-state index >= 15 is 0 Å². The normalized spacial score (nSPS) is 11.7. The maximum Gasteiger partial charge on any atom is 0.268 e. The number of nitrogens with zero attached hydrogens (tertiary/aromatic N) is 1. The van der Waals surface area contributed by atoms with Crippen LogP contribution in [-0.2, 0) is 29.4 Å². The Balaban J connectivity index is 2.37. The predicted octanol–water partition coefficient (Wildman–Crippen LogP) is 2.26. The summed E-state index contributed by atoms with van der Waals surface area (Å²) in [6.07, 6.45) is 1.19. The summed E-state index contributed by atoms with van der Waals surface area (Å²) in [4.78, 5) is 11.9. The largest absolute Gasteiger partial charge is 0.396 e. The summed E-state index contributed by atoms with van der Waals surface area (Å²) in [7, 11) is -3.93. The van der Waals surface area contributed by atoms with E-state index in [0.717, 1.165) is 11.3 Å². The van der Waals surface area contributed by atoms with Crippen LogP contribution in [0.2, 0.25) is 10.0 Å². The molecule has 10 heteroatoms. The monoisotopic (exact) mass is 404 g/mol. The van der Waals surface area contributed by atoms with Crippen molar-refractivity contribution in [1.82, 2.24) is 14.9 Å². The summed E-state index contributed by atoms with van der Waals surface area (Å²) >= 11 is 11.8. The highest BCUT2D eigenvalue weighted by Gasteiger charge is 2.19. The second kappa shape index (κ2) is 7.74. The number of aromatic nitrogens is 2. The molecule has 0 aliphatic carbocycles. The fraction of sp³-hybridized carbons (Fsp3) is 0.333. The fourth-order valence-electron chi connectivity index (χ4n) is 2.43. The highest BCUT2D eigenvalue weighted by atomic mass is 35.5. The molecule has 0 aliphatic rings. The Kier molecular flexibility index (Phi) is 6.10. The standard InChI is InChI=1S/C15H18Cl2N4O3S/c1-3-9-10(15(22)21-20-13(9)4-2)7-19-25(23,24)8-5-11(16)14(18)12(17)6-8/h5-6,19H,3-4,7,18H2,1-2H3,(H,21,22). The molecule has 136 valence electrons. The molecule has 0 saturated heterocycles. The molecular formula is C15H18Cl2N4O3S. The minimum Gasteiger partial charge on any atom is -0.396 e. The summed E-state index contributed by atoms with van der Waals surface area (Å²) in [5.41, 5.74) is 7.10. The first-order valence-electron chi connectivity index (χ1n) is 7.54. The van der Waals surface area contributed by atoms with Crippen molar-refractivity contribution in [3.63, 3.8) is 0 Å². The van der Waals surface area contributed by atoms with Crippen molar-refractivity contribution in [2.75, 3.05) is 5.73 Å². The van der Waals surface area contributed by atoms with Crippen molar-refractivity contribution in [2.45, 2.75) is 38.1 Å². The number of halogens is 2. The zero-order chi connectivity index (χ0) is 18.8. The quantitative estimate of drug-likeness (QED) is 0.638. The van der Waals surface area contributed by atoms with E-state index in [1.807, 2.05) is 13.8 Å². The first-order chi connectivity index (χ1) is 11.7. The lowest BCUT2D eigenvalue weighted by Gasteiger charge is -2.12. The Morgan fingerprint density at radius 3 is 2.28 bits per heavy atom. The molecule has 4 N–H and O–H groups in total. The van der Waals surface area contributed by atoms with E-state index in [2.05, 4.69) is 14.9 Å². The van der Waals surface area contributed by atoms with E-state index < -0.39 is 15.6 Å². The van der Waals surface area contributed by atoms with Gasteiger partial charge in [-0.3, -0.25) is 4.79 Å². The van der Waals surface area contributed by atoms with Gasteiger partial charge in [-0.1, -0.05) is 37.0 Å². The van der Waals surface area contributed by atoms with E-state index in [1.165, 1.54) is 12.1 Å². The number of anilines is 1. The molecule has 0 spiro atoms. The van der Waals surface area contributed by atoms with Crippen LogP contribution in [0, 0.1) is 0 Å². The Morgan fingerprint density at radius 2 is 1.76 bits per heavy atom. The van der Waals surface area contributed by atoms with Crippen LogP contribution in [-0.4, -0.2) is 18.6 Å². The van der Waals surface area contributed by atoms with E-state index in [-0.39, 0.29) is 27.2 Å². The first kappa shape index (κ1) is 19.7. The fourth-order valence-corrected chi connectivity index (χ4v) is 4.09. The number of nitrogen functional groups attached to an aromatic ring is 1. The second-order valence-electron chi connectivity index (χ2n) is 5.29. The number of nitrogens with one attached hydrogen (secondary N) is 2. The van der Waals surface area contributed by atoms with Crippen molar-refractivity contribution in [3.05, 3.63) is 49.4 Å². The van der Waals surface area contributed by atoms with Crippen molar-refractivity contribution in [1.29, 1.82) is 0 Å². The number of rotatable bonds is 6. The predicted molar refractivity (Wildman–Crippen MR) is 98.5 cm³/mol. The Morgan fingerprint density at radius 1 is 1.16 bits per heavy atom. The molecule has 1 heterocycles. The van der Waals surface area contributed by atoms with Crippen LogP contribution in [0.3, 0.4) is 0 Å². The van der Waals surface area contributed by atoms with Gasteiger partial charge in [0.1, 0.15) is 0 Å². The summed E-state index contributed by atoms with van der Waals surface area (Å²) in [6, 6.07) is 2.42. The molecule has 2 rings (SSSR count). The summed E-state index contributed by atoms with van der Waals surface area (Å²) in [6.45, 7) is 3.62. The maximum absolute atomic E-state index is 12.5. The van der Waals surface area contributed by atoms with E-state index in [4.69, 9.17) is 28.9 Å². The van der Waals surface area contributed by atoms with Crippen molar-refractivity contribution in [3.8, 4) is 0 Å². The van der Waals surface area contributed by atoms with Gasteiger partial charge in [0.15, 0.2) is 0 Å². The van der Waals surface area contributed by atoms with Gasteiger partial charge in [0.25, 0.3) is 5.56 Å². The van der Waals surface area contributed by atoms with Crippen LogP contribution in [0.25, 0.3) is 0 Å². The number of H-pyrrole nitrogens is 1. The van der Waals surface area contributed by atoms with Gasteiger partial charge < -0.3 is 5.73 Å². The van der Waals surface area contributed by atoms with Gasteiger partial charge in [-0.15, -0.1) is 0 Å². The minimum absolute atomic E-state index is 0.0390. The van der Waals surface area contributed by atoms with Crippen LogP contribution >= 0.6 is 23.2 Å². The first-order valence-corrected chi connectivity index (χ1v) is 9.78. The smallest absolute Gasteiger partial charge is 0.268 e. The number of hydrogen-bond donors (Lipinski definition) is 3. The average molecular weight is 405 g/mol. The topological polar surface area (TPSA) is 118 Å². The summed E-state index contributed by atoms with van der Waals surface area (Å²) in [5.74, 6) is 0. The van der Waals surface area contributed by atoms with E-state index in [0.29, 0.717) is 18.4 Å². The van der Waals surface area contributed by atoms with Crippen LogP contribution < -0.4 is 16.0 Å². The molecule has 0 radical (unpaired) electrons. The maximum atomic E-state index is 12.5. The Hall–Kier alpha value is -1.61. The summed E-state index contributed by atoms with van der Waals surface area (Å²) in [5, 5.41) is 6.47. The lowest BCUT2D eigenvalue weighted by Crippen LogP contribution is -2.29. The lowest BCUT2D eigenvalue weighted by atomic mass is 10.0. The average Bonchev–Trinajstić information content (AvgIpc) is 2.57.